The number of amidine groups is 2. The van der Waals surface area contributed by atoms with Crippen LogP contribution in [-0.4, -0.2) is 73.4 Å². The summed E-state index contributed by atoms with van der Waals surface area (Å²) in [6.07, 6.45) is 7.37. The van der Waals surface area contributed by atoms with Crippen molar-refractivity contribution < 1.29 is 14.3 Å². The minimum Gasteiger partial charge on any atom is -0.494 e. The lowest BCUT2D eigenvalue weighted by Crippen LogP contribution is -2.50. The summed E-state index contributed by atoms with van der Waals surface area (Å²) < 4.78 is 5.72. The number of methoxy groups -OCH3 is 1. The number of carbonyl (C=O) groups excluding carboxylic acids is 2. The molecule has 220 valence electrons. The van der Waals surface area contributed by atoms with E-state index in [0.717, 1.165) is 43.9 Å². The number of nitrogens with one attached hydrogen (secondary N) is 3. The zero-order valence-electron chi connectivity index (χ0n) is 24.1. The van der Waals surface area contributed by atoms with Gasteiger partial charge in [-0.1, -0.05) is 12.1 Å². The minimum atomic E-state index is -0.649. The van der Waals surface area contributed by atoms with E-state index in [9.17, 15) is 9.59 Å². The van der Waals surface area contributed by atoms with Crippen LogP contribution in [0.4, 0.5) is 5.69 Å². The maximum Gasteiger partial charge on any atom is 0.271 e. The van der Waals surface area contributed by atoms with Gasteiger partial charge in [-0.2, -0.15) is 4.99 Å². The molecule has 0 radical (unpaired) electrons. The maximum absolute atomic E-state index is 12.3. The van der Waals surface area contributed by atoms with Crippen LogP contribution >= 0.6 is 0 Å². The van der Waals surface area contributed by atoms with Crippen molar-refractivity contribution in [3.05, 3.63) is 71.7 Å². The molecule has 4 rings (SSSR count). The second-order valence-corrected chi connectivity index (χ2v) is 10.2. The smallest absolute Gasteiger partial charge is 0.271 e. The first-order chi connectivity index (χ1) is 20.2. The molecule has 42 heavy (non-hydrogen) atoms. The molecule has 2 amide bonds. The largest absolute Gasteiger partial charge is 0.494 e. The van der Waals surface area contributed by atoms with E-state index in [0.29, 0.717) is 28.6 Å². The molecule has 12 nitrogen and oxygen atoms in total. The van der Waals surface area contributed by atoms with E-state index in [1.165, 1.54) is 20.2 Å². The van der Waals surface area contributed by atoms with E-state index >= 15 is 0 Å². The predicted molar refractivity (Wildman–Crippen MR) is 164 cm³/mol. The number of aliphatic imine (C=N–C) groups is 2. The summed E-state index contributed by atoms with van der Waals surface area (Å²) in [6.45, 7) is 1.68. The van der Waals surface area contributed by atoms with Gasteiger partial charge in [0, 0.05) is 68.4 Å². The standard InChI is InChI=1S/C30H37N9O3/c1-34-26(39-16-18(17-39)13-20-7-4-5-12-36-20)14-22(31)21-8-6-9-23(28(21)42-3)37-24(27(33)30(41)35-2)15-25(32)38-29(40)19-10-11-19/h4-9,12,14-15,18-19,33,37H,10-11,13,16-17,31H2,1-3H3,(H,35,41)(H2,32,38,40)/b22-14-,24-15+,33-27?,34-26?. The Hall–Kier alpha value is -5.00. The summed E-state index contributed by atoms with van der Waals surface area (Å²) in [5.74, 6) is 0.421. The van der Waals surface area contributed by atoms with Crippen molar-refractivity contribution in [1.29, 1.82) is 5.41 Å². The van der Waals surface area contributed by atoms with Crippen LogP contribution in [0.15, 0.2) is 70.4 Å². The molecule has 2 aromatic rings. The molecule has 2 aliphatic rings. The highest BCUT2D eigenvalue weighted by Crippen LogP contribution is 2.33. The number of likely N-dealkylation sites (tertiary alicyclic amines) is 1. The average Bonchev–Trinajstić information content (AvgIpc) is 3.83. The van der Waals surface area contributed by atoms with Gasteiger partial charge in [0.1, 0.15) is 17.4 Å². The van der Waals surface area contributed by atoms with Crippen molar-refractivity contribution in [2.75, 3.05) is 39.6 Å². The molecule has 1 saturated heterocycles. The number of hydrogen-bond acceptors (Lipinski definition) is 8. The number of pyridine rings is 1. The van der Waals surface area contributed by atoms with E-state index < -0.39 is 11.6 Å². The number of amides is 2. The molecular formula is C30H37N9O3. The van der Waals surface area contributed by atoms with Gasteiger partial charge in [-0.05, 0) is 49.4 Å². The Kier molecular flexibility index (Phi) is 9.69. The molecule has 2 heterocycles. The summed E-state index contributed by atoms with van der Waals surface area (Å²) in [7, 11) is 4.64. The van der Waals surface area contributed by atoms with Gasteiger partial charge < -0.3 is 31.7 Å². The molecule has 1 aromatic heterocycles. The molecule has 7 N–H and O–H groups in total. The first-order valence-electron chi connectivity index (χ1n) is 13.7. The molecule has 1 aliphatic heterocycles. The van der Waals surface area contributed by atoms with Crippen molar-refractivity contribution in [1.82, 2.24) is 15.2 Å². The molecule has 0 unspecified atom stereocenters. The van der Waals surface area contributed by atoms with Crippen LogP contribution in [0.1, 0.15) is 24.1 Å². The fourth-order valence-corrected chi connectivity index (χ4v) is 4.59. The third kappa shape index (κ3) is 7.39. The van der Waals surface area contributed by atoms with E-state index in [1.54, 1.807) is 31.3 Å². The van der Waals surface area contributed by atoms with Crippen LogP contribution in [0.3, 0.4) is 0 Å². The molecule has 0 atom stereocenters. The summed E-state index contributed by atoms with van der Waals surface area (Å²) in [5.41, 5.74) is 14.7. The molecular weight excluding hydrogens is 534 g/mol. The average molecular weight is 572 g/mol. The second-order valence-electron chi connectivity index (χ2n) is 10.2. The summed E-state index contributed by atoms with van der Waals surface area (Å²) in [6, 6.07) is 11.2. The number of para-hydroxylation sites is 1. The number of anilines is 1. The normalized spacial score (nSPS) is 16.5. The third-order valence-corrected chi connectivity index (χ3v) is 7.00. The highest BCUT2D eigenvalue weighted by atomic mass is 16.5. The Balaban J connectivity index is 1.55. The lowest BCUT2D eigenvalue weighted by Gasteiger charge is -2.40. The van der Waals surface area contributed by atoms with Gasteiger partial charge in [0.25, 0.3) is 11.8 Å². The lowest BCUT2D eigenvalue weighted by molar-refractivity contribution is -0.119. The van der Waals surface area contributed by atoms with E-state index in [-0.39, 0.29) is 23.4 Å². The second kappa shape index (κ2) is 13.6. The Bertz CT molecular complexity index is 1450. The Morgan fingerprint density at radius 3 is 2.55 bits per heavy atom. The summed E-state index contributed by atoms with van der Waals surface area (Å²) in [4.78, 5) is 39.4. The molecule has 0 bridgehead atoms. The zero-order chi connectivity index (χ0) is 30.2. The number of nitrogens with two attached hydrogens (primary N) is 2. The van der Waals surface area contributed by atoms with Crippen LogP contribution < -0.4 is 26.8 Å². The van der Waals surface area contributed by atoms with Gasteiger partial charge in [-0.3, -0.25) is 25.0 Å². The van der Waals surface area contributed by atoms with Gasteiger partial charge in [0.15, 0.2) is 5.75 Å². The van der Waals surface area contributed by atoms with E-state index in [2.05, 4.69) is 30.5 Å². The quantitative estimate of drug-likeness (QED) is 0.200. The minimum absolute atomic E-state index is 0.0348. The van der Waals surface area contributed by atoms with Crippen molar-refractivity contribution in [2.45, 2.75) is 19.3 Å². The number of ether oxygens (including phenoxy) is 1. The van der Waals surface area contributed by atoms with Crippen LogP contribution in [0.25, 0.3) is 5.70 Å². The fourth-order valence-electron chi connectivity index (χ4n) is 4.59. The molecule has 1 aliphatic carbocycles. The molecule has 12 heteroatoms. The number of nitrogens with zero attached hydrogens (tertiary/aromatic N) is 4. The molecule has 1 aromatic carbocycles. The van der Waals surface area contributed by atoms with Crippen molar-refractivity contribution in [3.63, 3.8) is 0 Å². The topological polar surface area (TPSA) is 184 Å². The van der Waals surface area contributed by atoms with Gasteiger partial charge >= 0.3 is 0 Å². The number of rotatable bonds is 11. The van der Waals surface area contributed by atoms with Crippen molar-refractivity contribution in [3.8, 4) is 5.75 Å². The van der Waals surface area contributed by atoms with E-state index in [4.69, 9.17) is 21.6 Å². The Morgan fingerprint density at radius 1 is 1.17 bits per heavy atom. The summed E-state index contributed by atoms with van der Waals surface area (Å²) >= 11 is 0. The molecule has 0 spiro atoms. The van der Waals surface area contributed by atoms with Crippen LogP contribution in [0, 0.1) is 17.2 Å². The van der Waals surface area contributed by atoms with Crippen LogP contribution in [0.5, 0.6) is 5.75 Å². The van der Waals surface area contributed by atoms with Crippen LogP contribution in [-0.2, 0) is 16.0 Å². The maximum atomic E-state index is 12.3. The monoisotopic (exact) mass is 571 g/mol. The number of aromatic nitrogens is 1. The molecule has 2 fully saturated rings. The first kappa shape index (κ1) is 30.0. The Labute approximate surface area is 245 Å². The Morgan fingerprint density at radius 2 is 1.93 bits per heavy atom. The first-order valence-corrected chi connectivity index (χ1v) is 13.7. The van der Waals surface area contributed by atoms with Gasteiger partial charge in [0.05, 0.1) is 18.5 Å². The number of carbonyl (C=O) groups is 2. The highest BCUT2D eigenvalue weighted by molar-refractivity contribution is 6.45. The van der Waals surface area contributed by atoms with Crippen molar-refractivity contribution in [2.24, 2.45) is 33.3 Å². The van der Waals surface area contributed by atoms with Crippen LogP contribution in [0.2, 0.25) is 0 Å². The van der Waals surface area contributed by atoms with E-state index in [1.807, 2.05) is 24.4 Å². The lowest BCUT2D eigenvalue weighted by atomic mass is 9.94. The number of hydrogen-bond donors (Lipinski definition) is 5. The summed E-state index contributed by atoms with van der Waals surface area (Å²) in [5, 5.41) is 13.9. The highest BCUT2D eigenvalue weighted by Gasteiger charge is 2.30. The predicted octanol–water partition coefficient (Wildman–Crippen LogP) is 1.95. The molecule has 1 saturated carbocycles. The zero-order valence-corrected chi connectivity index (χ0v) is 24.1. The van der Waals surface area contributed by atoms with Gasteiger partial charge in [-0.25, -0.2) is 0 Å². The van der Waals surface area contributed by atoms with Gasteiger partial charge in [-0.15, -0.1) is 0 Å². The third-order valence-electron chi connectivity index (χ3n) is 7.00. The van der Waals surface area contributed by atoms with Gasteiger partial charge in [0.2, 0.25) is 0 Å². The fraction of sp³-hybridized carbons (Fsp3) is 0.333. The SMILES string of the molecule is CN=C(/C=C(\N)c1cccc(N/C(=C/C(N)=NC(=O)C2CC2)C(=N)C(=O)NC)c1OC)N1CC(Cc2ccccn2)C1. The number of benzene rings is 1. The van der Waals surface area contributed by atoms with Crippen molar-refractivity contribution >= 4 is 40.6 Å².